The van der Waals surface area contributed by atoms with E-state index >= 15 is 0 Å². The highest BCUT2D eigenvalue weighted by Crippen LogP contribution is 2.29. The number of hydrogen-bond acceptors (Lipinski definition) is 6. The van der Waals surface area contributed by atoms with Gasteiger partial charge in [0.25, 0.3) is 0 Å². The highest BCUT2D eigenvalue weighted by atomic mass is 32.2. The van der Waals surface area contributed by atoms with Crippen LogP contribution in [0.15, 0.2) is 23.4 Å². The third-order valence-corrected chi connectivity index (χ3v) is 5.91. The highest BCUT2D eigenvalue weighted by Gasteiger charge is 2.38. The molecule has 2 aliphatic heterocycles. The van der Waals surface area contributed by atoms with E-state index < -0.39 is 10.0 Å². The molecule has 8 heteroatoms. The fraction of sp³-hybridized carbons (Fsp3) is 0.615. The summed E-state index contributed by atoms with van der Waals surface area (Å²) < 4.78 is 28.0. The minimum absolute atomic E-state index is 0.0267. The van der Waals surface area contributed by atoms with Crippen LogP contribution >= 0.6 is 0 Å². The molecular weight excluding hydrogens is 290 g/mol. The summed E-state index contributed by atoms with van der Waals surface area (Å²) in [5.74, 6) is 5.38. The number of nitrogen functional groups attached to an aromatic ring is 1. The molecule has 1 aromatic heterocycles. The van der Waals surface area contributed by atoms with Crippen LogP contribution in [0.5, 0.6) is 0 Å². The standard InChI is InChI=1S/C13H21N5O2S/c14-16-11-4-6-15-9-13(11)21(19,20)17-10-5-8-18-7-2-1-3-12(10)18/h4,6,9-10,12,17H,1-3,5,7-8,14H2,(H,15,16). The maximum absolute atomic E-state index is 12.6. The van der Waals surface area contributed by atoms with Crippen molar-refractivity contribution >= 4 is 15.7 Å². The number of hydrazine groups is 1. The van der Waals surface area contributed by atoms with Crippen molar-refractivity contribution in [1.29, 1.82) is 0 Å². The first-order valence-corrected chi connectivity index (χ1v) is 8.77. The number of piperidine rings is 1. The van der Waals surface area contributed by atoms with Crippen molar-refractivity contribution in [2.45, 2.75) is 42.7 Å². The van der Waals surface area contributed by atoms with Crippen LogP contribution in [0.25, 0.3) is 0 Å². The van der Waals surface area contributed by atoms with Crippen molar-refractivity contribution in [2.75, 3.05) is 18.5 Å². The van der Waals surface area contributed by atoms with Gasteiger partial charge in [-0.2, -0.15) is 0 Å². The van der Waals surface area contributed by atoms with Gasteiger partial charge in [0.1, 0.15) is 4.90 Å². The van der Waals surface area contributed by atoms with Crippen LogP contribution < -0.4 is 16.0 Å². The summed E-state index contributed by atoms with van der Waals surface area (Å²) >= 11 is 0. The Balaban J connectivity index is 1.80. The molecule has 1 aromatic rings. The molecule has 2 aliphatic rings. The molecule has 4 N–H and O–H groups in total. The van der Waals surface area contributed by atoms with Crippen molar-refractivity contribution in [2.24, 2.45) is 5.84 Å². The van der Waals surface area contributed by atoms with Crippen molar-refractivity contribution in [3.63, 3.8) is 0 Å². The molecule has 0 spiro atoms. The summed E-state index contributed by atoms with van der Waals surface area (Å²) in [4.78, 5) is 6.38. The van der Waals surface area contributed by atoms with Crippen molar-refractivity contribution in [1.82, 2.24) is 14.6 Å². The minimum Gasteiger partial charge on any atom is -0.323 e. The second-order valence-corrected chi connectivity index (χ2v) is 7.31. The normalized spacial score (nSPS) is 26.5. The van der Waals surface area contributed by atoms with E-state index in [2.05, 4.69) is 20.0 Å². The number of pyridine rings is 1. The molecule has 116 valence electrons. The molecule has 0 bridgehead atoms. The fourth-order valence-corrected chi connectivity index (χ4v) is 4.78. The molecule has 2 atom stereocenters. The number of nitrogens with one attached hydrogen (secondary N) is 2. The van der Waals surface area contributed by atoms with Crippen molar-refractivity contribution in [3.05, 3.63) is 18.5 Å². The van der Waals surface area contributed by atoms with Crippen LogP contribution in [0.4, 0.5) is 5.69 Å². The number of aromatic nitrogens is 1. The molecule has 2 saturated heterocycles. The zero-order chi connectivity index (χ0) is 14.9. The van der Waals surface area contributed by atoms with Crippen LogP contribution in [-0.4, -0.2) is 43.5 Å². The van der Waals surface area contributed by atoms with Crippen molar-refractivity contribution < 1.29 is 8.42 Å². The van der Waals surface area contributed by atoms with Gasteiger partial charge in [0.15, 0.2) is 0 Å². The molecule has 0 saturated carbocycles. The van der Waals surface area contributed by atoms with E-state index in [1.54, 1.807) is 6.07 Å². The van der Waals surface area contributed by atoms with Gasteiger partial charge in [-0.1, -0.05) is 6.42 Å². The number of rotatable bonds is 4. The number of nitrogens with zero attached hydrogens (tertiary/aromatic N) is 2. The Morgan fingerprint density at radius 1 is 1.29 bits per heavy atom. The van der Waals surface area contributed by atoms with Gasteiger partial charge in [-0.25, -0.2) is 13.1 Å². The van der Waals surface area contributed by atoms with E-state index in [4.69, 9.17) is 5.84 Å². The lowest BCUT2D eigenvalue weighted by molar-refractivity contribution is 0.186. The number of sulfonamides is 1. The molecule has 21 heavy (non-hydrogen) atoms. The zero-order valence-electron chi connectivity index (χ0n) is 11.8. The first kappa shape index (κ1) is 14.7. The molecular formula is C13H21N5O2S. The Labute approximate surface area is 124 Å². The largest absolute Gasteiger partial charge is 0.323 e. The monoisotopic (exact) mass is 311 g/mol. The van der Waals surface area contributed by atoms with Crippen LogP contribution in [0.2, 0.25) is 0 Å². The Morgan fingerprint density at radius 2 is 2.14 bits per heavy atom. The second-order valence-electron chi connectivity index (χ2n) is 5.63. The number of fused-ring (bicyclic) bond motifs is 1. The predicted octanol–water partition coefficient (Wildman–Crippen LogP) is 0.272. The van der Waals surface area contributed by atoms with E-state index in [1.807, 2.05) is 0 Å². The second kappa shape index (κ2) is 5.88. The first-order valence-electron chi connectivity index (χ1n) is 7.29. The lowest BCUT2D eigenvalue weighted by atomic mass is 10.00. The first-order chi connectivity index (χ1) is 10.1. The summed E-state index contributed by atoms with van der Waals surface area (Å²) in [6.07, 6.45) is 7.12. The van der Waals surface area contributed by atoms with Gasteiger partial charge in [-0.3, -0.25) is 15.7 Å². The molecule has 2 unspecified atom stereocenters. The average molecular weight is 311 g/mol. The lowest BCUT2D eigenvalue weighted by Gasteiger charge is -2.32. The van der Waals surface area contributed by atoms with Gasteiger partial charge < -0.3 is 5.43 Å². The molecule has 7 nitrogen and oxygen atoms in total. The fourth-order valence-electron chi connectivity index (χ4n) is 3.36. The number of hydrogen-bond donors (Lipinski definition) is 3. The van der Waals surface area contributed by atoms with Crippen molar-refractivity contribution in [3.8, 4) is 0 Å². The van der Waals surface area contributed by atoms with Crippen LogP contribution in [0.3, 0.4) is 0 Å². The maximum Gasteiger partial charge on any atom is 0.244 e. The van der Waals surface area contributed by atoms with E-state index in [1.165, 1.54) is 25.2 Å². The van der Waals surface area contributed by atoms with E-state index in [-0.39, 0.29) is 10.9 Å². The van der Waals surface area contributed by atoms with E-state index in [9.17, 15) is 8.42 Å². The molecule has 3 heterocycles. The average Bonchev–Trinajstić information content (AvgIpc) is 2.90. The van der Waals surface area contributed by atoms with Gasteiger partial charge in [-0.05, 0) is 31.9 Å². The Kier molecular flexibility index (Phi) is 4.12. The summed E-state index contributed by atoms with van der Waals surface area (Å²) in [5.41, 5.74) is 2.77. The summed E-state index contributed by atoms with van der Waals surface area (Å²) in [7, 11) is -3.62. The SMILES string of the molecule is NNc1ccncc1S(=O)(=O)NC1CCN2CCCCC12. The molecule has 0 radical (unpaired) electrons. The quantitative estimate of drug-likeness (QED) is 0.545. The number of anilines is 1. The Morgan fingerprint density at radius 3 is 2.95 bits per heavy atom. The molecule has 2 fully saturated rings. The predicted molar refractivity (Wildman–Crippen MR) is 80.0 cm³/mol. The van der Waals surface area contributed by atoms with E-state index in [0.29, 0.717) is 11.7 Å². The van der Waals surface area contributed by atoms with Crippen LogP contribution in [0.1, 0.15) is 25.7 Å². The van der Waals surface area contributed by atoms with Gasteiger partial charge in [0.2, 0.25) is 10.0 Å². The Bertz CT molecular complexity index is 606. The molecule has 3 rings (SSSR count). The third kappa shape index (κ3) is 2.89. The lowest BCUT2D eigenvalue weighted by Crippen LogP contribution is -2.46. The summed E-state index contributed by atoms with van der Waals surface area (Å²) in [6.45, 7) is 2.04. The smallest absolute Gasteiger partial charge is 0.244 e. The zero-order valence-corrected chi connectivity index (χ0v) is 12.6. The maximum atomic E-state index is 12.6. The molecule has 0 aromatic carbocycles. The van der Waals surface area contributed by atoms with Gasteiger partial charge in [-0.15, -0.1) is 0 Å². The molecule has 0 aliphatic carbocycles. The number of nitrogens with two attached hydrogens (primary N) is 1. The highest BCUT2D eigenvalue weighted by molar-refractivity contribution is 7.89. The summed E-state index contributed by atoms with van der Waals surface area (Å²) in [5, 5.41) is 0. The van der Waals surface area contributed by atoms with Gasteiger partial charge in [0.05, 0.1) is 5.69 Å². The van der Waals surface area contributed by atoms with E-state index in [0.717, 1.165) is 25.9 Å². The topological polar surface area (TPSA) is 100 Å². The summed E-state index contributed by atoms with van der Waals surface area (Å²) in [6, 6.07) is 1.84. The minimum atomic E-state index is -3.62. The van der Waals surface area contributed by atoms with Crippen LogP contribution in [-0.2, 0) is 10.0 Å². The molecule has 0 amide bonds. The van der Waals surface area contributed by atoms with Gasteiger partial charge >= 0.3 is 0 Å². The third-order valence-electron chi connectivity index (χ3n) is 4.39. The van der Waals surface area contributed by atoms with Crippen LogP contribution in [0, 0.1) is 0 Å². The Hall–Kier alpha value is -1.22. The van der Waals surface area contributed by atoms with Gasteiger partial charge in [0, 0.05) is 31.0 Å².